The highest BCUT2D eigenvalue weighted by Crippen LogP contribution is 2.30. The second-order valence-corrected chi connectivity index (χ2v) is 5.33. The molecule has 0 aliphatic carbocycles. The Morgan fingerprint density at radius 1 is 1.43 bits per heavy atom. The Morgan fingerprint density at radius 2 is 2.14 bits per heavy atom. The fourth-order valence-electron chi connectivity index (χ4n) is 2.13. The average Bonchev–Trinajstić information content (AvgIpc) is 2.69. The van der Waals surface area contributed by atoms with E-state index in [-0.39, 0.29) is 6.04 Å². The molecule has 0 saturated heterocycles. The molecule has 1 heterocycles. The molecule has 1 aromatic heterocycles. The van der Waals surface area contributed by atoms with E-state index in [0.29, 0.717) is 17.4 Å². The molecule has 6 heteroatoms. The molecule has 0 aliphatic rings. The van der Waals surface area contributed by atoms with Crippen LogP contribution in [-0.2, 0) is 13.7 Å². The molecular weight excluding hydrogens is 290 g/mol. The minimum Gasteiger partial charge on any atom is -0.497 e. The van der Waals surface area contributed by atoms with E-state index in [4.69, 9.17) is 26.8 Å². The summed E-state index contributed by atoms with van der Waals surface area (Å²) in [6, 6.07) is 5.48. The Morgan fingerprint density at radius 3 is 2.67 bits per heavy atom. The quantitative estimate of drug-likeness (QED) is 0.922. The number of methoxy groups -OCH3 is 1. The summed E-state index contributed by atoms with van der Waals surface area (Å²) in [5.41, 5.74) is 8.51. The van der Waals surface area contributed by atoms with Crippen molar-refractivity contribution in [3.05, 3.63) is 40.2 Å². The van der Waals surface area contributed by atoms with Crippen LogP contribution in [0.1, 0.15) is 29.9 Å². The smallest absolute Gasteiger partial charge is 0.131 e. The van der Waals surface area contributed by atoms with Crippen molar-refractivity contribution in [3.63, 3.8) is 0 Å². The molecule has 0 unspecified atom stereocenters. The molecule has 2 rings (SSSR count). The van der Waals surface area contributed by atoms with Crippen molar-refractivity contribution in [2.45, 2.75) is 26.5 Å². The summed E-state index contributed by atoms with van der Waals surface area (Å²) in [5.74, 6) is 1.42. The second kappa shape index (κ2) is 6.37. The number of nitrogens with zero attached hydrogens (tertiary/aromatic N) is 2. The van der Waals surface area contributed by atoms with E-state index in [1.165, 1.54) is 0 Å². The van der Waals surface area contributed by atoms with Crippen molar-refractivity contribution in [2.75, 3.05) is 7.11 Å². The van der Waals surface area contributed by atoms with Crippen LogP contribution in [0.5, 0.6) is 11.5 Å². The molecule has 0 spiro atoms. The monoisotopic (exact) mass is 309 g/mol. The second-order valence-electron chi connectivity index (χ2n) is 4.95. The van der Waals surface area contributed by atoms with Crippen LogP contribution in [0.4, 0.5) is 0 Å². The van der Waals surface area contributed by atoms with Crippen molar-refractivity contribution in [3.8, 4) is 11.5 Å². The van der Waals surface area contributed by atoms with Gasteiger partial charge in [0, 0.05) is 24.7 Å². The van der Waals surface area contributed by atoms with E-state index in [9.17, 15) is 0 Å². The summed E-state index contributed by atoms with van der Waals surface area (Å²) < 4.78 is 12.9. The first-order chi connectivity index (χ1) is 9.93. The van der Waals surface area contributed by atoms with E-state index < -0.39 is 0 Å². The van der Waals surface area contributed by atoms with E-state index in [1.807, 2.05) is 39.1 Å². The molecule has 0 saturated carbocycles. The molecule has 2 N–H and O–H groups in total. The van der Waals surface area contributed by atoms with Crippen LogP contribution in [-0.4, -0.2) is 16.9 Å². The third-order valence-corrected chi connectivity index (χ3v) is 3.83. The summed E-state index contributed by atoms with van der Waals surface area (Å²) >= 11 is 6.23. The van der Waals surface area contributed by atoms with Crippen LogP contribution in [0, 0.1) is 6.92 Å². The molecular formula is C15H20ClN3O2. The van der Waals surface area contributed by atoms with Crippen molar-refractivity contribution in [2.24, 2.45) is 12.8 Å². The summed E-state index contributed by atoms with van der Waals surface area (Å²) in [6.07, 6.45) is 0. The van der Waals surface area contributed by atoms with Gasteiger partial charge >= 0.3 is 0 Å². The Kier molecular flexibility index (Phi) is 4.75. The lowest BCUT2D eigenvalue weighted by Gasteiger charge is -2.15. The van der Waals surface area contributed by atoms with E-state index in [2.05, 4.69) is 5.10 Å². The maximum absolute atomic E-state index is 6.23. The third kappa shape index (κ3) is 3.31. The number of benzene rings is 1. The minimum absolute atomic E-state index is 0.130. The van der Waals surface area contributed by atoms with Crippen LogP contribution in [0.25, 0.3) is 0 Å². The Balaban J connectivity index is 2.26. The predicted molar refractivity (Wildman–Crippen MR) is 82.9 cm³/mol. The van der Waals surface area contributed by atoms with Crippen molar-refractivity contribution < 1.29 is 9.47 Å². The fourth-order valence-corrected chi connectivity index (χ4v) is 2.34. The van der Waals surface area contributed by atoms with Crippen LogP contribution in [0.3, 0.4) is 0 Å². The minimum atomic E-state index is -0.130. The first-order valence-corrected chi connectivity index (χ1v) is 7.06. The number of hydrogen-bond donors (Lipinski definition) is 1. The van der Waals surface area contributed by atoms with Gasteiger partial charge in [-0.25, -0.2) is 0 Å². The van der Waals surface area contributed by atoms with Crippen molar-refractivity contribution in [1.82, 2.24) is 9.78 Å². The van der Waals surface area contributed by atoms with Gasteiger partial charge in [0.15, 0.2) is 0 Å². The molecule has 2 aromatic rings. The maximum Gasteiger partial charge on any atom is 0.131 e. The predicted octanol–water partition coefficient (Wildman–Crippen LogP) is 2.99. The summed E-state index contributed by atoms with van der Waals surface area (Å²) in [7, 11) is 3.46. The van der Waals surface area contributed by atoms with E-state index in [0.717, 1.165) is 22.7 Å². The number of nitrogens with two attached hydrogens (primary N) is 1. The van der Waals surface area contributed by atoms with Crippen LogP contribution in [0.2, 0.25) is 5.02 Å². The zero-order chi connectivity index (χ0) is 15.6. The SMILES string of the molecule is COc1ccc([C@@H](C)N)c(OCc2c(Cl)c(C)nn2C)c1. The normalized spacial score (nSPS) is 12.3. The van der Waals surface area contributed by atoms with Gasteiger partial charge in [-0.1, -0.05) is 17.7 Å². The van der Waals surface area contributed by atoms with E-state index >= 15 is 0 Å². The number of hydrogen-bond acceptors (Lipinski definition) is 4. The highest BCUT2D eigenvalue weighted by atomic mass is 35.5. The molecule has 5 nitrogen and oxygen atoms in total. The highest BCUT2D eigenvalue weighted by Gasteiger charge is 2.14. The highest BCUT2D eigenvalue weighted by molar-refractivity contribution is 6.31. The third-order valence-electron chi connectivity index (χ3n) is 3.34. The number of aromatic nitrogens is 2. The van der Waals surface area contributed by atoms with Crippen LogP contribution in [0.15, 0.2) is 18.2 Å². The fraction of sp³-hybridized carbons (Fsp3) is 0.400. The van der Waals surface area contributed by atoms with Crippen molar-refractivity contribution in [1.29, 1.82) is 0 Å². The summed E-state index contributed by atoms with van der Waals surface area (Å²) in [5, 5.41) is 4.90. The van der Waals surface area contributed by atoms with E-state index in [1.54, 1.807) is 11.8 Å². The lowest BCUT2D eigenvalue weighted by Crippen LogP contribution is -2.09. The van der Waals surface area contributed by atoms with Gasteiger partial charge in [-0.2, -0.15) is 5.10 Å². The number of rotatable bonds is 5. The zero-order valence-corrected chi connectivity index (χ0v) is 13.4. The summed E-state index contributed by atoms with van der Waals surface area (Å²) in [4.78, 5) is 0. The largest absolute Gasteiger partial charge is 0.497 e. The summed E-state index contributed by atoms with van der Waals surface area (Å²) in [6.45, 7) is 4.10. The molecule has 0 fully saturated rings. The van der Waals surface area contributed by atoms with Gasteiger partial charge in [0.25, 0.3) is 0 Å². The zero-order valence-electron chi connectivity index (χ0n) is 12.7. The first-order valence-electron chi connectivity index (χ1n) is 6.68. The lowest BCUT2D eigenvalue weighted by atomic mass is 10.1. The van der Waals surface area contributed by atoms with Gasteiger partial charge in [-0.15, -0.1) is 0 Å². The number of halogens is 1. The lowest BCUT2D eigenvalue weighted by molar-refractivity contribution is 0.288. The molecule has 0 radical (unpaired) electrons. The Bertz CT molecular complexity index is 638. The van der Waals surface area contributed by atoms with Gasteiger partial charge in [0.2, 0.25) is 0 Å². The van der Waals surface area contributed by atoms with Crippen LogP contribution >= 0.6 is 11.6 Å². The average molecular weight is 310 g/mol. The van der Waals surface area contributed by atoms with Crippen LogP contribution < -0.4 is 15.2 Å². The molecule has 114 valence electrons. The van der Waals surface area contributed by atoms with Gasteiger partial charge < -0.3 is 15.2 Å². The molecule has 0 aliphatic heterocycles. The Hall–Kier alpha value is -1.72. The number of ether oxygens (including phenoxy) is 2. The van der Waals surface area contributed by atoms with Gasteiger partial charge in [0.05, 0.1) is 23.5 Å². The van der Waals surface area contributed by atoms with Gasteiger partial charge in [-0.05, 0) is 19.9 Å². The first kappa shape index (κ1) is 15.7. The van der Waals surface area contributed by atoms with Crippen molar-refractivity contribution >= 4 is 11.6 Å². The standard InChI is InChI=1S/C15H20ClN3O2/c1-9(17)12-6-5-11(20-4)7-14(12)21-8-13-15(16)10(2)18-19(13)3/h5-7,9H,8,17H2,1-4H3/t9-/m1/s1. The van der Waals surface area contributed by atoms with Gasteiger partial charge in [-0.3, -0.25) is 4.68 Å². The molecule has 21 heavy (non-hydrogen) atoms. The molecule has 0 bridgehead atoms. The van der Waals surface area contributed by atoms with Gasteiger partial charge in [0.1, 0.15) is 18.1 Å². The molecule has 1 aromatic carbocycles. The topological polar surface area (TPSA) is 62.3 Å². The number of aryl methyl sites for hydroxylation is 2. The Labute approximate surface area is 129 Å². The maximum atomic E-state index is 6.23. The molecule has 1 atom stereocenters. The molecule has 0 amide bonds.